The summed E-state index contributed by atoms with van der Waals surface area (Å²) in [6.07, 6.45) is 0. The lowest BCUT2D eigenvalue weighted by molar-refractivity contribution is -0.125. The maximum absolute atomic E-state index is 10.6. The van der Waals surface area contributed by atoms with E-state index in [9.17, 15) is 9.59 Å². The zero-order chi connectivity index (χ0) is 6.85. The minimum absolute atomic E-state index is 0. The molecule has 0 aromatic heterocycles. The molecule has 1 rings (SSSR count). The van der Waals surface area contributed by atoms with E-state index in [4.69, 9.17) is 0 Å². The Morgan fingerprint density at radius 3 is 2.50 bits per heavy atom. The van der Waals surface area contributed by atoms with Crippen LogP contribution in [0, 0.1) is 0 Å². The van der Waals surface area contributed by atoms with E-state index in [-0.39, 0.29) is 35.9 Å². The molecule has 5 heteroatoms. The molecular weight excluding hydrogens is 247 g/mol. The number of nitrogens with one attached hydrogen (secondary N) is 1. The van der Waals surface area contributed by atoms with Crippen molar-refractivity contribution in [2.24, 2.45) is 0 Å². The smallest absolute Gasteiger partial charge is 0.324 e. The lowest BCUT2D eigenvalue weighted by Gasteiger charge is -2.06. The number of amides is 3. The van der Waals surface area contributed by atoms with Gasteiger partial charge < -0.3 is 5.32 Å². The SMILES string of the molecule is CC(=O)N1CCNC1=O.I. The first kappa shape index (κ1) is 9.67. The van der Waals surface area contributed by atoms with Crippen LogP contribution >= 0.6 is 24.0 Å². The van der Waals surface area contributed by atoms with Crippen LogP contribution in [0.2, 0.25) is 0 Å². The van der Waals surface area contributed by atoms with E-state index in [2.05, 4.69) is 5.32 Å². The molecule has 1 heterocycles. The molecule has 1 saturated heterocycles. The highest BCUT2D eigenvalue weighted by atomic mass is 127. The molecule has 1 aliphatic heterocycles. The summed E-state index contributed by atoms with van der Waals surface area (Å²) in [5, 5.41) is 2.52. The largest absolute Gasteiger partial charge is 0.336 e. The van der Waals surface area contributed by atoms with Gasteiger partial charge in [-0.25, -0.2) is 4.79 Å². The van der Waals surface area contributed by atoms with Crippen LogP contribution in [0.4, 0.5) is 4.79 Å². The van der Waals surface area contributed by atoms with Crippen LogP contribution in [0.1, 0.15) is 6.92 Å². The monoisotopic (exact) mass is 256 g/mol. The lowest BCUT2D eigenvalue weighted by atomic mass is 10.5. The van der Waals surface area contributed by atoms with Gasteiger partial charge in [0.15, 0.2) is 0 Å². The fraction of sp³-hybridized carbons (Fsp3) is 0.600. The third-order valence-electron chi connectivity index (χ3n) is 1.24. The number of nitrogens with zero attached hydrogens (tertiary/aromatic N) is 1. The zero-order valence-corrected chi connectivity index (χ0v) is 7.92. The number of carbonyl (C=O) groups is 2. The molecule has 0 saturated carbocycles. The van der Waals surface area contributed by atoms with Gasteiger partial charge in [0.1, 0.15) is 0 Å². The van der Waals surface area contributed by atoms with Crippen molar-refractivity contribution in [3.8, 4) is 0 Å². The minimum Gasteiger partial charge on any atom is -0.336 e. The Morgan fingerprint density at radius 2 is 2.30 bits per heavy atom. The highest BCUT2D eigenvalue weighted by Crippen LogP contribution is 1.95. The van der Waals surface area contributed by atoms with E-state index in [1.54, 1.807) is 0 Å². The van der Waals surface area contributed by atoms with Gasteiger partial charge in [-0.3, -0.25) is 9.69 Å². The van der Waals surface area contributed by atoms with Crippen molar-refractivity contribution < 1.29 is 9.59 Å². The highest BCUT2D eigenvalue weighted by molar-refractivity contribution is 14.0. The predicted molar refractivity (Wildman–Crippen MR) is 46.2 cm³/mol. The molecule has 0 spiro atoms. The number of hydrogen-bond acceptors (Lipinski definition) is 2. The number of imide groups is 1. The van der Waals surface area contributed by atoms with Crippen molar-refractivity contribution in [2.75, 3.05) is 13.1 Å². The van der Waals surface area contributed by atoms with Crippen molar-refractivity contribution in [1.82, 2.24) is 10.2 Å². The Kier molecular flexibility index (Phi) is 3.62. The van der Waals surface area contributed by atoms with Crippen molar-refractivity contribution in [3.05, 3.63) is 0 Å². The summed E-state index contributed by atoms with van der Waals surface area (Å²) in [4.78, 5) is 22.3. The van der Waals surface area contributed by atoms with Gasteiger partial charge in [-0.05, 0) is 0 Å². The first-order valence-corrected chi connectivity index (χ1v) is 2.78. The van der Waals surface area contributed by atoms with Crippen molar-refractivity contribution in [2.45, 2.75) is 6.92 Å². The van der Waals surface area contributed by atoms with Gasteiger partial charge in [0.2, 0.25) is 5.91 Å². The van der Waals surface area contributed by atoms with Crippen LogP contribution in [-0.2, 0) is 4.79 Å². The van der Waals surface area contributed by atoms with Gasteiger partial charge in [0, 0.05) is 20.0 Å². The number of hydrogen-bond donors (Lipinski definition) is 1. The second-order valence-electron chi connectivity index (χ2n) is 1.90. The van der Waals surface area contributed by atoms with E-state index in [0.29, 0.717) is 13.1 Å². The first-order valence-electron chi connectivity index (χ1n) is 2.78. The van der Waals surface area contributed by atoms with Crippen LogP contribution in [0.25, 0.3) is 0 Å². The molecule has 0 bridgehead atoms. The van der Waals surface area contributed by atoms with Gasteiger partial charge in [0.05, 0.1) is 0 Å². The molecular formula is C5H9IN2O2. The summed E-state index contributed by atoms with van der Waals surface area (Å²) < 4.78 is 0. The molecule has 0 atom stereocenters. The van der Waals surface area contributed by atoms with Crippen LogP contribution in [0.3, 0.4) is 0 Å². The van der Waals surface area contributed by atoms with Gasteiger partial charge in [0.25, 0.3) is 0 Å². The average Bonchev–Trinajstić information content (AvgIpc) is 2.13. The number of halogens is 1. The molecule has 58 valence electrons. The van der Waals surface area contributed by atoms with E-state index in [1.807, 2.05) is 0 Å². The van der Waals surface area contributed by atoms with Crippen LogP contribution in [-0.4, -0.2) is 29.9 Å². The molecule has 0 aliphatic carbocycles. The Labute approximate surface area is 76.0 Å². The Morgan fingerprint density at radius 1 is 1.70 bits per heavy atom. The summed E-state index contributed by atoms with van der Waals surface area (Å²) >= 11 is 0. The van der Waals surface area contributed by atoms with E-state index in [1.165, 1.54) is 11.8 Å². The second kappa shape index (κ2) is 3.75. The second-order valence-corrected chi connectivity index (χ2v) is 1.90. The number of carbonyl (C=O) groups excluding carboxylic acids is 2. The van der Waals surface area contributed by atoms with E-state index in [0.717, 1.165) is 0 Å². The minimum atomic E-state index is -0.275. The molecule has 1 aliphatic rings. The lowest BCUT2D eigenvalue weighted by Crippen LogP contribution is -2.31. The molecule has 1 fully saturated rings. The third-order valence-corrected chi connectivity index (χ3v) is 1.24. The standard InChI is InChI=1S/C5H8N2O2.HI/c1-4(8)7-3-2-6-5(7)9;/h2-3H2,1H3,(H,6,9);1H. The quantitative estimate of drug-likeness (QED) is 0.628. The summed E-state index contributed by atoms with van der Waals surface area (Å²) in [7, 11) is 0. The summed E-state index contributed by atoms with van der Waals surface area (Å²) in [6.45, 7) is 2.47. The predicted octanol–water partition coefficient (Wildman–Crippen LogP) is 0.176. The Hall–Kier alpha value is -0.330. The van der Waals surface area contributed by atoms with Gasteiger partial charge in [-0.2, -0.15) is 0 Å². The third kappa shape index (κ3) is 1.83. The topological polar surface area (TPSA) is 49.4 Å². The molecule has 0 aromatic rings. The number of urea groups is 1. The van der Waals surface area contributed by atoms with Gasteiger partial charge in [-0.15, -0.1) is 24.0 Å². The molecule has 0 aromatic carbocycles. The Balaban J connectivity index is 0.000000810. The molecule has 4 nitrogen and oxygen atoms in total. The normalized spacial score (nSPS) is 16.1. The van der Waals surface area contributed by atoms with Crippen LogP contribution < -0.4 is 5.32 Å². The van der Waals surface area contributed by atoms with Gasteiger partial charge in [-0.1, -0.05) is 0 Å². The first-order chi connectivity index (χ1) is 4.22. The molecule has 1 N–H and O–H groups in total. The average molecular weight is 256 g/mol. The maximum Gasteiger partial charge on any atom is 0.324 e. The fourth-order valence-corrected chi connectivity index (χ4v) is 0.772. The van der Waals surface area contributed by atoms with Crippen LogP contribution in [0.5, 0.6) is 0 Å². The molecule has 0 radical (unpaired) electrons. The van der Waals surface area contributed by atoms with E-state index < -0.39 is 0 Å². The number of rotatable bonds is 0. The van der Waals surface area contributed by atoms with Crippen molar-refractivity contribution in [1.29, 1.82) is 0 Å². The van der Waals surface area contributed by atoms with Crippen molar-refractivity contribution >= 4 is 35.9 Å². The summed E-state index contributed by atoms with van der Waals surface area (Å²) in [5.41, 5.74) is 0. The zero-order valence-electron chi connectivity index (χ0n) is 5.59. The molecule has 3 amide bonds. The molecule has 0 unspecified atom stereocenters. The van der Waals surface area contributed by atoms with Gasteiger partial charge >= 0.3 is 6.03 Å². The highest BCUT2D eigenvalue weighted by Gasteiger charge is 2.22. The van der Waals surface area contributed by atoms with Crippen LogP contribution in [0.15, 0.2) is 0 Å². The van der Waals surface area contributed by atoms with Crippen molar-refractivity contribution in [3.63, 3.8) is 0 Å². The van der Waals surface area contributed by atoms with E-state index >= 15 is 0 Å². The fourth-order valence-electron chi connectivity index (χ4n) is 0.772. The maximum atomic E-state index is 10.6. The Bertz CT molecular complexity index is 160. The molecule has 10 heavy (non-hydrogen) atoms. The summed E-state index contributed by atoms with van der Waals surface area (Å²) in [6, 6.07) is -0.275. The summed E-state index contributed by atoms with van der Waals surface area (Å²) in [5.74, 6) is -0.190.